The maximum atomic E-state index is 13.5. The highest BCUT2D eigenvalue weighted by Crippen LogP contribution is 2.39. The highest BCUT2D eigenvalue weighted by Gasteiger charge is 2.54. The molecule has 14 heavy (non-hydrogen) atoms. The van der Waals surface area contributed by atoms with Gasteiger partial charge in [0.05, 0.1) is 11.8 Å². The third-order valence-corrected chi connectivity index (χ3v) is 3.02. The van der Waals surface area contributed by atoms with Crippen LogP contribution in [0.2, 0.25) is 0 Å². The van der Waals surface area contributed by atoms with Gasteiger partial charge in [-0.3, -0.25) is 0 Å². The van der Waals surface area contributed by atoms with Crippen LogP contribution in [0.5, 0.6) is 0 Å². The third-order valence-electron chi connectivity index (χ3n) is 3.02. The minimum absolute atomic E-state index is 0.0637. The molecule has 0 aromatic carbocycles. The molecule has 2 unspecified atom stereocenters. The summed E-state index contributed by atoms with van der Waals surface area (Å²) in [6, 6.07) is 0. The Labute approximate surface area is 79.9 Å². The molecule has 0 aliphatic carbocycles. The standard InChI is InChI=1S/C8H12F2N2O2/c9-8(10)5-1-11-2-6(8)4-12(3-5)7(13)14/h5-6,11H,1-4H2,(H,13,14). The van der Waals surface area contributed by atoms with Crippen molar-refractivity contribution in [2.45, 2.75) is 5.92 Å². The average molecular weight is 206 g/mol. The molecule has 2 bridgehead atoms. The number of likely N-dealkylation sites (tertiary alicyclic amines) is 1. The maximum Gasteiger partial charge on any atom is 0.407 e. The number of halogens is 2. The van der Waals surface area contributed by atoms with E-state index in [1.807, 2.05) is 0 Å². The Bertz CT molecular complexity index is 244. The molecule has 2 N–H and O–H groups in total. The first-order valence-electron chi connectivity index (χ1n) is 4.58. The molecular formula is C8H12F2N2O2. The van der Waals surface area contributed by atoms with Crippen LogP contribution in [0.25, 0.3) is 0 Å². The second-order valence-electron chi connectivity index (χ2n) is 3.91. The molecule has 2 aliphatic heterocycles. The minimum atomic E-state index is -2.71. The lowest BCUT2D eigenvalue weighted by Crippen LogP contribution is -2.63. The fraction of sp³-hybridized carbons (Fsp3) is 0.875. The van der Waals surface area contributed by atoms with E-state index in [2.05, 4.69) is 5.32 Å². The lowest BCUT2D eigenvalue weighted by Gasteiger charge is -2.46. The van der Waals surface area contributed by atoms with Gasteiger partial charge in [0, 0.05) is 26.2 Å². The van der Waals surface area contributed by atoms with Gasteiger partial charge in [0.1, 0.15) is 0 Å². The number of carbonyl (C=O) groups is 1. The number of rotatable bonds is 0. The smallest absolute Gasteiger partial charge is 0.407 e. The molecule has 0 saturated carbocycles. The fourth-order valence-corrected chi connectivity index (χ4v) is 2.17. The number of nitrogens with one attached hydrogen (secondary N) is 1. The van der Waals surface area contributed by atoms with Crippen molar-refractivity contribution in [3.63, 3.8) is 0 Å². The summed E-state index contributed by atoms with van der Waals surface area (Å²) in [7, 11) is 0. The summed E-state index contributed by atoms with van der Waals surface area (Å²) in [4.78, 5) is 11.7. The molecule has 2 fully saturated rings. The van der Waals surface area contributed by atoms with Gasteiger partial charge < -0.3 is 15.3 Å². The lowest BCUT2D eigenvalue weighted by molar-refractivity contribution is -0.157. The van der Waals surface area contributed by atoms with Gasteiger partial charge in [-0.2, -0.15) is 0 Å². The molecule has 2 atom stereocenters. The van der Waals surface area contributed by atoms with Crippen molar-refractivity contribution in [3.05, 3.63) is 0 Å². The molecule has 2 rings (SSSR count). The van der Waals surface area contributed by atoms with Crippen LogP contribution in [0.15, 0.2) is 0 Å². The Morgan fingerprint density at radius 1 is 1.36 bits per heavy atom. The number of amides is 1. The van der Waals surface area contributed by atoms with E-state index in [4.69, 9.17) is 5.11 Å². The van der Waals surface area contributed by atoms with Crippen molar-refractivity contribution in [1.82, 2.24) is 10.2 Å². The van der Waals surface area contributed by atoms with E-state index >= 15 is 0 Å². The summed E-state index contributed by atoms with van der Waals surface area (Å²) in [6.45, 7) is 0.276. The largest absolute Gasteiger partial charge is 0.465 e. The van der Waals surface area contributed by atoms with E-state index in [0.29, 0.717) is 0 Å². The molecule has 0 aromatic heterocycles. The van der Waals surface area contributed by atoms with Gasteiger partial charge in [-0.05, 0) is 0 Å². The second-order valence-corrected chi connectivity index (χ2v) is 3.91. The molecule has 0 spiro atoms. The van der Waals surface area contributed by atoms with Crippen molar-refractivity contribution < 1.29 is 18.7 Å². The van der Waals surface area contributed by atoms with Gasteiger partial charge in [0.2, 0.25) is 0 Å². The van der Waals surface area contributed by atoms with Crippen molar-refractivity contribution in [2.75, 3.05) is 26.2 Å². The van der Waals surface area contributed by atoms with Gasteiger partial charge in [0.25, 0.3) is 5.92 Å². The quantitative estimate of drug-likeness (QED) is 0.605. The molecule has 2 saturated heterocycles. The van der Waals surface area contributed by atoms with E-state index in [-0.39, 0.29) is 26.2 Å². The van der Waals surface area contributed by atoms with Crippen LogP contribution in [-0.2, 0) is 0 Å². The first-order chi connectivity index (χ1) is 6.51. The topological polar surface area (TPSA) is 52.6 Å². The van der Waals surface area contributed by atoms with Crippen molar-refractivity contribution in [2.24, 2.45) is 11.8 Å². The van der Waals surface area contributed by atoms with E-state index < -0.39 is 23.9 Å². The number of piperidine rings is 2. The van der Waals surface area contributed by atoms with Gasteiger partial charge >= 0.3 is 6.09 Å². The Hall–Kier alpha value is -0.910. The first-order valence-corrected chi connectivity index (χ1v) is 4.58. The van der Waals surface area contributed by atoms with Crippen LogP contribution in [-0.4, -0.2) is 48.2 Å². The zero-order valence-electron chi connectivity index (χ0n) is 7.54. The summed E-state index contributed by atoms with van der Waals surface area (Å²) < 4.78 is 27.0. The zero-order valence-corrected chi connectivity index (χ0v) is 7.54. The number of carboxylic acid groups (broad SMARTS) is 1. The summed E-state index contributed by atoms with van der Waals surface area (Å²) >= 11 is 0. The fourth-order valence-electron chi connectivity index (χ4n) is 2.17. The normalized spacial score (nSPS) is 35.4. The van der Waals surface area contributed by atoms with Crippen LogP contribution in [0.1, 0.15) is 0 Å². The van der Waals surface area contributed by atoms with E-state index in [0.717, 1.165) is 4.90 Å². The Kier molecular flexibility index (Phi) is 2.10. The highest BCUT2D eigenvalue weighted by atomic mass is 19.3. The third kappa shape index (κ3) is 1.33. The van der Waals surface area contributed by atoms with Crippen LogP contribution in [0.4, 0.5) is 13.6 Å². The Morgan fingerprint density at radius 2 is 1.86 bits per heavy atom. The van der Waals surface area contributed by atoms with Gasteiger partial charge in [-0.1, -0.05) is 0 Å². The number of fused-ring (bicyclic) bond motifs is 2. The second kappa shape index (κ2) is 3.05. The zero-order chi connectivity index (χ0) is 10.3. The van der Waals surface area contributed by atoms with Gasteiger partial charge in [0.15, 0.2) is 0 Å². The molecule has 0 aromatic rings. The van der Waals surface area contributed by atoms with Gasteiger partial charge in [-0.15, -0.1) is 0 Å². The lowest BCUT2D eigenvalue weighted by atomic mass is 9.82. The van der Waals surface area contributed by atoms with Crippen LogP contribution in [0, 0.1) is 11.8 Å². The number of alkyl halides is 2. The predicted octanol–water partition coefficient (Wildman–Crippen LogP) is 0.451. The first kappa shape index (κ1) is 9.64. The highest BCUT2D eigenvalue weighted by molar-refractivity contribution is 5.65. The Morgan fingerprint density at radius 3 is 2.29 bits per heavy atom. The summed E-state index contributed by atoms with van der Waals surface area (Å²) in [5.74, 6) is -4.45. The summed E-state index contributed by atoms with van der Waals surface area (Å²) in [5.41, 5.74) is 0. The van der Waals surface area contributed by atoms with E-state index in [9.17, 15) is 13.6 Å². The van der Waals surface area contributed by atoms with E-state index in [1.54, 1.807) is 0 Å². The minimum Gasteiger partial charge on any atom is -0.465 e. The SMILES string of the molecule is O=C(O)N1CC2CNCC(C1)C2(F)F. The van der Waals surface area contributed by atoms with Crippen molar-refractivity contribution in [3.8, 4) is 0 Å². The molecule has 4 nitrogen and oxygen atoms in total. The van der Waals surface area contributed by atoms with Crippen molar-refractivity contribution >= 4 is 6.09 Å². The van der Waals surface area contributed by atoms with Crippen LogP contribution >= 0.6 is 0 Å². The molecular weight excluding hydrogens is 194 g/mol. The number of nitrogens with zero attached hydrogens (tertiary/aromatic N) is 1. The monoisotopic (exact) mass is 206 g/mol. The van der Waals surface area contributed by atoms with Crippen LogP contribution in [0.3, 0.4) is 0 Å². The molecule has 2 heterocycles. The summed E-state index contributed by atoms with van der Waals surface area (Å²) in [6.07, 6.45) is -1.10. The molecule has 1 amide bonds. The van der Waals surface area contributed by atoms with Crippen molar-refractivity contribution in [1.29, 1.82) is 0 Å². The van der Waals surface area contributed by atoms with Crippen LogP contribution < -0.4 is 5.32 Å². The Balaban J connectivity index is 2.16. The molecule has 0 radical (unpaired) electrons. The summed E-state index contributed by atoms with van der Waals surface area (Å²) in [5, 5.41) is 11.6. The number of hydrogen-bond donors (Lipinski definition) is 2. The van der Waals surface area contributed by atoms with Gasteiger partial charge in [-0.25, -0.2) is 13.6 Å². The predicted molar refractivity (Wildman–Crippen MR) is 44.4 cm³/mol. The number of hydrogen-bond acceptors (Lipinski definition) is 2. The average Bonchev–Trinajstić information content (AvgIpc) is 2.00. The molecule has 2 aliphatic rings. The molecule has 80 valence electrons. The van der Waals surface area contributed by atoms with E-state index in [1.165, 1.54) is 0 Å². The molecule has 6 heteroatoms. The maximum absolute atomic E-state index is 13.5.